The van der Waals surface area contributed by atoms with Gasteiger partial charge in [-0.25, -0.2) is 0 Å². The van der Waals surface area contributed by atoms with Gasteiger partial charge in [0.05, 0.1) is 0 Å². The van der Waals surface area contributed by atoms with Crippen LogP contribution in [-0.4, -0.2) is 17.6 Å². The van der Waals surface area contributed by atoms with Gasteiger partial charge in [0.2, 0.25) is 0 Å². The van der Waals surface area contributed by atoms with E-state index < -0.39 is 0 Å². The van der Waals surface area contributed by atoms with E-state index in [1.54, 1.807) is 0 Å². The summed E-state index contributed by atoms with van der Waals surface area (Å²) in [6.45, 7) is 7.78. The lowest BCUT2D eigenvalue weighted by molar-refractivity contribution is 0.706. The quantitative estimate of drug-likeness (QED) is 0.616. The maximum atomic E-state index is 4.47. The van der Waals surface area contributed by atoms with Crippen molar-refractivity contribution in [2.24, 2.45) is 0 Å². The number of aryl methyl sites for hydroxylation is 2. The highest BCUT2D eigenvalue weighted by molar-refractivity contribution is 5.97. The Hall–Kier alpha value is -2.35. The van der Waals surface area contributed by atoms with Gasteiger partial charge in [0, 0.05) is 35.6 Å². The van der Waals surface area contributed by atoms with E-state index in [1.165, 1.54) is 22.0 Å². The third kappa shape index (κ3) is 3.43. The largest absolute Gasteiger partial charge is 0.369 e. The molecule has 0 unspecified atom stereocenters. The minimum absolute atomic E-state index is 0.490. The fourth-order valence-corrected chi connectivity index (χ4v) is 3.47. The Bertz CT molecular complexity index is 788. The molecule has 0 bridgehead atoms. The number of benzene rings is 2. The molecule has 0 saturated heterocycles. The predicted octanol–water partition coefficient (Wildman–Crippen LogP) is 5.25. The van der Waals surface area contributed by atoms with Crippen LogP contribution in [0.25, 0.3) is 10.8 Å². The zero-order chi connectivity index (χ0) is 16.9. The van der Waals surface area contributed by atoms with Crippen molar-refractivity contribution in [3.8, 4) is 0 Å². The number of aromatic nitrogens is 1. The van der Waals surface area contributed by atoms with Crippen molar-refractivity contribution in [1.29, 1.82) is 0 Å². The van der Waals surface area contributed by atoms with Crippen molar-refractivity contribution in [1.82, 2.24) is 4.98 Å². The van der Waals surface area contributed by atoms with E-state index in [9.17, 15) is 0 Å². The van der Waals surface area contributed by atoms with Crippen molar-refractivity contribution in [2.45, 2.75) is 39.7 Å². The summed E-state index contributed by atoms with van der Waals surface area (Å²) in [5, 5.41) is 2.72. The first-order valence-electron chi connectivity index (χ1n) is 8.88. The van der Waals surface area contributed by atoms with Gasteiger partial charge in [0.25, 0.3) is 0 Å². The van der Waals surface area contributed by atoms with Gasteiger partial charge in [0.15, 0.2) is 0 Å². The maximum Gasteiger partial charge on any atom is 0.0450 e. The molecule has 0 fully saturated rings. The highest BCUT2D eigenvalue weighted by Crippen LogP contribution is 2.31. The average molecular weight is 318 g/mol. The topological polar surface area (TPSA) is 16.1 Å². The van der Waals surface area contributed by atoms with Crippen molar-refractivity contribution in [2.75, 3.05) is 11.4 Å². The molecule has 0 atom stereocenters. The molecule has 2 heteroatoms. The fourth-order valence-electron chi connectivity index (χ4n) is 3.47. The summed E-state index contributed by atoms with van der Waals surface area (Å²) in [7, 11) is 0. The number of nitrogens with zero attached hydrogens (tertiary/aromatic N) is 2. The van der Waals surface area contributed by atoms with Crippen LogP contribution in [0.4, 0.5) is 5.69 Å². The van der Waals surface area contributed by atoms with Gasteiger partial charge in [-0.2, -0.15) is 0 Å². The second-order valence-corrected chi connectivity index (χ2v) is 6.49. The van der Waals surface area contributed by atoms with Gasteiger partial charge in [-0.05, 0) is 62.8 Å². The van der Waals surface area contributed by atoms with Gasteiger partial charge in [-0.1, -0.05) is 36.4 Å². The summed E-state index contributed by atoms with van der Waals surface area (Å²) in [5.74, 6) is 0. The lowest BCUT2D eigenvalue weighted by Crippen LogP contribution is -2.30. The van der Waals surface area contributed by atoms with Crippen LogP contribution < -0.4 is 4.90 Å². The van der Waals surface area contributed by atoms with E-state index in [0.29, 0.717) is 6.04 Å². The molecule has 0 spiro atoms. The Morgan fingerprint density at radius 3 is 2.38 bits per heavy atom. The Labute approximate surface area is 145 Å². The van der Waals surface area contributed by atoms with Crippen LogP contribution in [0.3, 0.4) is 0 Å². The lowest BCUT2D eigenvalue weighted by Gasteiger charge is -2.29. The number of rotatable bonds is 6. The van der Waals surface area contributed by atoms with Crippen LogP contribution >= 0.6 is 0 Å². The number of anilines is 1. The van der Waals surface area contributed by atoms with Gasteiger partial charge in [0.1, 0.15) is 0 Å². The summed E-state index contributed by atoms with van der Waals surface area (Å²) in [5.41, 5.74) is 3.91. The normalized spacial score (nSPS) is 11.2. The third-order valence-electron chi connectivity index (χ3n) is 4.62. The molecule has 1 aromatic heterocycles. The number of hydrogen-bond acceptors (Lipinski definition) is 2. The molecule has 24 heavy (non-hydrogen) atoms. The second kappa shape index (κ2) is 7.48. The Morgan fingerprint density at radius 2 is 1.71 bits per heavy atom. The molecular weight excluding hydrogens is 292 g/mol. The van der Waals surface area contributed by atoms with Crippen molar-refractivity contribution in [3.63, 3.8) is 0 Å². The lowest BCUT2D eigenvalue weighted by atomic mass is 9.97. The Kier molecular flexibility index (Phi) is 5.14. The first-order chi connectivity index (χ1) is 11.7. The molecule has 0 aliphatic carbocycles. The maximum absolute atomic E-state index is 4.47. The molecule has 0 amide bonds. The van der Waals surface area contributed by atoms with Crippen molar-refractivity contribution < 1.29 is 0 Å². The first kappa shape index (κ1) is 16.5. The summed E-state index contributed by atoms with van der Waals surface area (Å²) in [6.07, 6.45) is 3.87. The minimum Gasteiger partial charge on any atom is -0.369 e. The van der Waals surface area contributed by atoms with Gasteiger partial charge in [-0.15, -0.1) is 0 Å². The van der Waals surface area contributed by atoms with Crippen LogP contribution in [0.2, 0.25) is 0 Å². The average Bonchev–Trinajstić information content (AvgIpc) is 2.61. The summed E-state index contributed by atoms with van der Waals surface area (Å²) < 4.78 is 0. The number of pyridine rings is 1. The molecule has 124 valence electrons. The highest BCUT2D eigenvalue weighted by Gasteiger charge is 2.14. The van der Waals surface area contributed by atoms with Crippen molar-refractivity contribution >= 4 is 16.5 Å². The smallest absolute Gasteiger partial charge is 0.0450 e. The van der Waals surface area contributed by atoms with Crippen LogP contribution in [0.1, 0.15) is 32.0 Å². The van der Waals surface area contributed by atoms with E-state index in [2.05, 4.69) is 79.2 Å². The van der Waals surface area contributed by atoms with Gasteiger partial charge < -0.3 is 4.90 Å². The number of fused-ring (bicyclic) bond motifs is 1. The first-order valence-corrected chi connectivity index (χ1v) is 8.88. The molecule has 2 nitrogen and oxygen atoms in total. The second-order valence-electron chi connectivity index (χ2n) is 6.49. The third-order valence-corrected chi connectivity index (χ3v) is 4.62. The molecule has 3 rings (SSSR count). The van der Waals surface area contributed by atoms with Crippen LogP contribution in [0.5, 0.6) is 0 Å². The Morgan fingerprint density at radius 1 is 0.917 bits per heavy atom. The molecule has 0 aliphatic rings. The predicted molar refractivity (Wildman–Crippen MR) is 104 cm³/mol. The zero-order valence-corrected chi connectivity index (χ0v) is 14.9. The van der Waals surface area contributed by atoms with Crippen molar-refractivity contribution in [3.05, 3.63) is 72.1 Å². The highest BCUT2D eigenvalue weighted by atomic mass is 15.1. The van der Waals surface area contributed by atoms with Crippen LogP contribution in [0, 0.1) is 0 Å². The molecule has 0 saturated carbocycles. The van der Waals surface area contributed by atoms with E-state index >= 15 is 0 Å². The van der Waals surface area contributed by atoms with Gasteiger partial charge >= 0.3 is 0 Å². The Balaban J connectivity index is 2.01. The van der Waals surface area contributed by atoms with Crippen LogP contribution in [-0.2, 0) is 12.8 Å². The summed E-state index contributed by atoms with van der Waals surface area (Å²) in [6, 6.07) is 19.9. The van der Waals surface area contributed by atoms with E-state index in [0.717, 1.165) is 25.1 Å². The van der Waals surface area contributed by atoms with Crippen LogP contribution in [0.15, 0.2) is 60.8 Å². The number of hydrogen-bond donors (Lipinski definition) is 0. The molecule has 0 N–H and O–H groups in total. The molecule has 0 aliphatic heterocycles. The summed E-state index contributed by atoms with van der Waals surface area (Å²) in [4.78, 5) is 6.94. The molecule has 3 aromatic rings. The van der Waals surface area contributed by atoms with E-state index in [-0.39, 0.29) is 0 Å². The van der Waals surface area contributed by atoms with Gasteiger partial charge in [-0.3, -0.25) is 4.98 Å². The fraction of sp³-hybridized carbons (Fsp3) is 0.318. The van der Waals surface area contributed by atoms with E-state index in [1.807, 2.05) is 12.3 Å². The molecule has 1 heterocycles. The zero-order valence-electron chi connectivity index (χ0n) is 14.9. The monoisotopic (exact) mass is 318 g/mol. The molecule has 2 aromatic carbocycles. The minimum atomic E-state index is 0.490. The molecular formula is C22H26N2. The van der Waals surface area contributed by atoms with E-state index in [4.69, 9.17) is 0 Å². The standard InChI is InChI=1S/C22H26N2/c1-4-24(17(2)3)21-13-8-11-18-9-7-10-19(22(18)21)14-15-20-12-5-6-16-23-20/h5-13,16-17H,4,14-15H2,1-3H3. The summed E-state index contributed by atoms with van der Waals surface area (Å²) >= 11 is 0. The molecule has 0 radical (unpaired) electrons. The SMILES string of the molecule is CCN(c1cccc2cccc(CCc3ccccn3)c12)C(C)C.